The van der Waals surface area contributed by atoms with E-state index in [-0.39, 0.29) is 5.92 Å². The second kappa shape index (κ2) is 6.76. The molecule has 0 aliphatic carbocycles. The number of fused-ring (bicyclic) bond motifs is 1. The smallest absolute Gasteiger partial charge is 0.228 e. The Kier molecular flexibility index (Phi) is 4.28. The van der Waals surface area contributed by atoms with Crippen LogP contribution in [-0.2, 0) is 7.05 Å². The molecule has 9 nitrogen and oxygen atoms in total. The van der Waals surface area contributed by atoms with Crippen LogP contribution in [0.3, 0.4) is 0 Å². The highest BCUT2D eigenvalue weighted by Crippen LogP contribution is 2.24. The Bertz CT molecular complexity index is 1080. The summed E-state index contributed by atoms with van der Waals surface area (Å²) in [6.07, 6.45) is 4.58. The van der Waals surface area contributed by atoms with Crippen LogP contribution >= 0.6 is 0 Å². The van der Waals surface area contributed by atoms with Crippen LogP contribution in [-0.4, -0.2) is 39.5 Å². The van der Waals surface area contributed by atoms with E-state index in [1.165, 1.54) is 0 Å². The van der Waals surface area contributed by atoms with Crippen molar-refractivity contribution in [3.8, 4) is 11.3 Å². The van der Waals surface area contributed by atoms with Gasteiger partial charge >= 0.3 is 0 Å². The second-order valence-corrected chi connectivity index (χ2v) is 6.62. The van der Waals surface area contributed by atoms with Crippen molar-refractivity contribution < 1.29 is 5.11 Å². The molecule has 2 N–H and O–H groups in total. The first-order valence-corrected chi connectivity index (χ1v) is 8.64. The Balaban J connectivity index is 1.66. The fourth-order valence-electron chi connectivity index (χ4n) is 2.76. The molecule has 0 radical (unpaired) electrons. The first kappa shape index (κ1) is 17.1. The Morgan fingerprint density at radius 2 is 1.96 bits per heavy atom. The minimum atomic E-state index is -0.667. The molecular formula is C18H20N8O. The maximum atomic E-state index is 10.3. The van der Waals surface area contributed by atoms with E-state index in [9.17, 15) is 5.11 Å². The van der Waals surface area contributed by atoms with E-state index in [4.69, 9.17) is 0 Å². The highest BCUT2D eigenvalue weighted by atomic mass is 16.3. The molecule has 0 aliphatic heterocycles. The van der Waals surface area contributed by atoms with Crippen LogP contribution in [0.2, 0.25) is 0 Å². The van der Waals surface area contributed by atoms with Crippen molar-refractivity contribution in [2.45, 2.75) is 20.0 Å². The molecule has 0 fully saturated rings. The Morgan fingerprint density at radius 1 is 1.11 bits per heavy atom. The van der Waals surface area contributed by atoms with Gasteiger partial charge in [-0.05, 0) is 24.1 Å². The molecule has 4 aromatic rings. The quantitative estimate of drug-likeness (QED) is 0.560. The van der Waals surface area contributed by atoms with Crippen LogP contribution in [0.25, 0.3) is 16.9 Å². The summed E-state index contributed by atoms with van der Waals surface area (Å²) in [6, 6.07) is 7.49. The number of aliphatic hydroxyl groups is 1. The van der Waals surface area contributed by atoms with E-state index >= 15 is 0 Å². The molecule has 4 aromatic heterocycles. The lowest BCUT2D eigenvalue weighted by Gasteiger charge is -2.12. The molecule has 9 heteroatoms. The van der Waals surface area contributed by atoms with Gasteiger partial charge in [0.15, 0.2) is 11.5 Å². The summed E-state index contributed by atoms with van der Waals surface area (Å²) in [5.41, 5.74) is 2.30. The van der Waals surface area contributed by atoms with Gasteiger partial charge < -0.3 is 10.4 Å². The van der Waals surface area contributed by atoms with E-state index < -0.39 is 6.10 Å². The fraction of sp³-hybridized carbons (Fsp3) is 0.278. The largest absolute Gasteiger partial charge is 0.385 e. The molecule has 0 unspecified atom stereocenters. The van der Waals surface area contributed by atoms with Crippen LogP contribution < -0.4 is 5.32 Å². The van der Waals surface area contributed by atoms with Crippen molar-refractivity contribution in [2.75, 3.05) is 5.32 Å². The molecule has 27 heavy (non-hydrogen) atoms. The first-order chi connectivity index (χ1) is 13.0. The SMILES string of the molecule is CC(C)[C@H](O)c1nnc2cc(-c3ccnc(Nc4ccnn4C)n3)ccn12. The zero-order chi connectivity index (χ0) is 19.0. The van der Waals surface area contributed by atoms with Crippen molar-refractivity contribution in [1.29, 1.82) is 0 Å². The first-order valence-electron chi connectivity index (χ1n) is 8.64. The lowest BCUT2D eigenvalue weighted by Crippen LogP contribution is -2.09. The van der Waals surface area contributed by atoms with Gasteiger partial charge in [0.05, 0.1) is 11.9 Å². The average molecular weight is 364 g/mol. The predicted molar refractivity (Wildman–Crippen MR) is 100 cm³/mol. The number of anilines is 2. The van der Waals surface area contributed by atoms with E-state index in [2.05, 4.69) is 30.6 Å². The number of nitrogens with zero attached hydrogens (tertiary/aromatic N) is 7. The van der Waals surface area contributed by atoms with Gasteiger partial charge in [-0.3, -0.25) is 9.08 Å². The van der Waals surface area contributed by atoms with E-state index in [1.807, 2.05) is 51.4 Å². The molecule has 0 bridgehead atoms. The van der Waals surface area contributed by atoms with Crippen molar-refractivity contribution >= 4 is 17.4 Å². The normalized spacial score (nSPS) is 12.6. The van der Waals surface area contributed by atoms with Crippen LogP contribution in [0.1, 0.15) is 25.8 Å². The lowest BCUT2D eigenvalue weighted by molar-refractivity contribution is 0.116. The number of rotatable bonds is 5. The van der Waals surface area contributed by atoms with Gasteiger partial charge in [-0.1, -0.05) is 13.8 Å². The predicted octanol–water partition coefficient (Wildman–Crippen LogP) is 2.35. The lowest BCUT2D eigenvalue weighted by atomic mass is 10.1. The van der Waals surface area contributed by atoms with Gasteiger partial charge in [0.2, 0.25) is 5.95 Å². The molecule has 4 rings (SSSR count). The third-order valence-corrected chi connectivity index (χ3v) is 4.34. The molecule has 0 saturated heterocycles. The Morgan fingerprint density at radius 3 is 2.70 bits per heavy atom. The Hall–Kier alpha value is -3.33. The molecule has 0 amide bonds. The molecule has 0 saturated carbocycles. The second-order valence-electron chi connectivity index (χ2n) is 6.62. The summed E-state index contributed by atoms with van der Waals surface area (Å²) in [7, 11) is 1.84. The number of aromatic nitrogens is 7. The topological polar surface area (TPSA) is 106 Å². The van der Waals surface area contributed by atoms with Gasteiger partial charge in [-0.2, -0.15) is 5.10 Å². The molecular weight excluding hydrogens is 344 g/mol. The van der Waals surface area contributed by atoms with E-state index in [0.29, 0.717) is 17.4 Å². The highest BCUT2D eigenvalue weighted by Gasteiger charge is 2.19. The van der Waals surface area contributed by atoms with Crippen LogP contribution in [0, 0.1) is 5.92 Å². The molecule has 138 valence electrons. The fourth-order valence-corrected chi connectivity index (χ4v) is 2.76. The van der Waals surface area contributed by atoms with Crippen molar-refractivity contribution in [1.82, 2.24) is 34.3 Å². The average Bonchev–Trinajstić information content (AvgIpc) is 3.27. The van der Waals surface area contributed by atoms with Gasteiger partial charge in [0.1, 0.15) is 11.9 Å². The summed E-state index contributed by atoms with van der Waals surface area (Å²) >= 11 is 0. The minimum absolute atomic E-state index is 0.0552. The van der Waals surface area contributed by atoms with Gasteiger partial charge in [-0.25, -0.2) is 9.97 Å². The van der Waals surface area contributed by atoms with Crippen molar-refractivity contribution in [3.05, 3.63) is 48.7 Å². The van der Waals surface area contributed by atoms with Gasteiger partial charge in [0, 0.05) is 31.1 Å². The number of aryl methyl sites for hydroxylation is 1. The van der Waals surface area contributed by atoms with Crippen molar-refractivity contribution in [3.63, 3.8) is 0 Å². The number of hydrogen-bond acceptors (Lipinski definition) is 7. The maximum absolute atomic E-state index is 10.3. The molecule has 4 heterocycles. The zero-order valence-corrected chi connectivity index (χ0v) is 15.3. The van der Waals surface area contributed by atoms with E-state index in [0.717, 1.165) is 17.1 Å². The van der Waals surface area contributed by atoms with Crippen LogP contribution in [0.15, 0.2) is 42.9 Å². The van der Waals surface area contributed by atoms with E-state index in [1.54, 1.807) is 21.5 Å². The maximum Gasteiger partial charge on any atom is 0.228 e. The highest BCUT2D eigenvalue weighted by molar-refractivity contribution is 5.65. The summed E-state index contributed by atoms with van der Waals surface area (Å²) < 4.78 is 3.50. The molecule has 0 aliphatic rings. The monoisotopic (exact) mass is 364 g/mol. The minimum Gasteiger partial charge on any atom is -0.385 e. The van der Waals surface area contributed by atoms with Crippen molar-refractivity contribution in [2.24, 2.45) is 13.0 Å². The molecule has 0 spiro atoms. The number of pyridine rings is 1. The number of hydrogen-bond donors (Lipinski definition) is 2. The van der Waals surface area contributed by atoms with Crippen LogP contribution in [0.5, 0.6) is 0 Å². The molecule has 0 aromatic carbocycles. The summed E-state index contributed by atoms with van der Waals surface area (Å²) in [5, 5.41) is 25.9. The number of aliphatic hydroxyl groups excluding tert-OH is 1. The zero-order valence-electron chi connectivity index (χ0n) is 15.3. The third-order valence-electron chi connectivity index (χ3n) is 4.34. The number of nitrogens with one attached hydrogen (secondary N) is 1. The Labute approximate surface area is 155 Å². The van der Waals surface area contributed by atoms with Gasteiger partial charge in [-0.15, -0.1) is 10.2 Å². The van der Waals surface area contributed by atoms with Crippen LogP contribution in [0.4, 0.5) is 11.8 Å². The molecule has 1 atom stereocenters. The summed E-state index contributed by atoms with van der Waals surface area (Å²) in [4.78, 5) is 8.83. The summed E-state index contributed by atoms with van der Waals surface area (Å²) in [6.45, 7) is 3.88. The summed E-state index contributed by atoms with van der Waals surface area (Å²) in [5.74, 6) is 1.87. The standard InChI is InChI=1S/C18H20N8O/c1-11(2)16(27)17-24-23-15-10-12(6-9-26(15)17)13-4-7-19-18(21-13)22-14-5-8-20-25(14)3/h4-11,16,27H,1-3H3,(H,19,21,22)/t16-/m0/s1. The third kappa shape index (κ3) is 3.24. The van der Waals surface area contributed by atoms with Gasteiger partial charge in [0.25, 0.3) is 0 Å².